The molecule has 0 unspecified atom stereocenters. The summed E-state index contributed by atoms with van der Waals surface area (Å²) in [6.45, 7) is 3.85. The first-order valence-corrected chi connectivity index (χ1v) is 9.28. The van der Waals surface area contributed by atoms with Gasteiger partial charge in [0.2, 0.25) is 5.91 Å². The van der Waals surface area contributed by atoms with Gasteiger partial charge in [0.15, 0.2) is 0 Å². The number of amides is 1. The fourth-order valence-corrected chi connectivity index (χ4v) is 3.11. The number of rotatable bonds is 6. The van der Waals surface area contributed by atoms with Gasteiger partial charge in [0, 0.05) is 13.6 Å². The Balaban J connectivity index is 2.25. The van der Waals surface area contributed by atoms with Gasteiger partial charge >= 0.3 is 0 Å². The van der Waals surface area contributed by atoms with Crippen molar-refractivity contribution >= 4 is 29.1 Å². The normalized spacial score (nSPS) is 10.5. The average Bonchev–Trinajstić information content (AvgIpc) is 2.65. The number of carbonyl (C=O) groups is 1. The van der Waals surface area contributed by atoms with Crippen LogP contribution < -0.4 is 5.56 Å². The predicted molar refractivity (Wildman–Crippen MR) is 105 cm³/mol. The van der Waals surface area contributed by atoms with Crippen LogP contribution in [-0.4, -0.2) is 27.6 Å². The summed E-state index contributed by atoms with van der Waals surface area (Å²) >= 11 is 11.9. The molecular weight excluding hydrogens is 387 g/mol. The molecule has 1 heterocycles. The summed E-state index contributed by atoms with van der Waals surface area (Å²) in [5.41, 5.74) is 1.65. The molecular formula is C19H20Cl2N4O2. The van der Waals surface area contributed by atoms with E-state index in [0.717, 1.165) is 10.2 Å². The van der Waals surface area contributed by atoms with Gasteiger partial charge in [0.05, 0.1) is 15.7 Å². The Kier molecular flexibility index (Phi) is 7.00. The lowest BCUT2D eigenvalue weighted by molar-refractivity contribution is -0.131. The Hall–Kier alpha value is -2.36. The van der Waals surface area contributed by atoms with Crippen LogP contribution in [0.5, 0.6) is 0 Å². The van der Waals surface area contributed by atoms with Gasteiger partial charge in [0.1, 0.15) is 18.2 Å². The van der Waals surface area contributed by atoms with E-state index in [-0.39, 0.29) is 18.0 Å². The van der Waals surface area contributed by atoms with Crippen molar-refractivity contribution in [1.29, 1.82) is 5.26 Å². The summed E-state index contributed by atoms with van der Waals surface area (Å²) < 4.78 is 1.07. The first kappa shape index (κ1) is 20.9. The number of likely N-dealkylation sites (N-methyl/N-ethyl adjacent to an activating group) is 1. The van der Waals surface area contributed by atoms with Crippen LogP contribution in [0.4, 0.5) is 0 Å². The molecule has 0 saturated carbocycles. The van der Waals surface area contributed by atoms with Gasteiger partial charge in [-0.3, -0.25) is 9.59 Å². The summed E-state index contributed by atoms with van der Waals surface area (Å²) in [7, 11) is 1.63. The van der Waals surface area contributed by atoms with Crippen LogP contribution in [0, 0.1) is 11.3 Å². The lowest BCUT2D eigenvalue weighted by Crippen LogP contribution is -2.36. The topological polar surface area (TPSA) is 79.0 Å². The second-order valence-corrected chi connectivity index (χ2v) is 6.89. The molecule has 1 aromatic heterocycles. The zero-order valence-electron chi connectivity index (χ0n) is 15.4. The van der Waals surface area contributed by atoms with E-state index in [2.05, 4.69) is 5.10 Å². The smallest absolute Gasteiger partial charge is 0.285 e. The second kappa shape index (κ2) is 9.03. The molecule has 2 aromatic rings. The van der Waals surface area contributed by atoms with Crippen LogP contribution in [0.25, 0.3) is 0 Å². The van der Waals surface area contributed by atoms with Crippen LogP contribution in [0.2, 0.25) is 10.0 Å². The monoisotopic (exact) mass is 406 g/mol. The first-order valence-electron chi connectivity index (χ1n) is 8.53. The highest BCUT2D eigenvalue weighted by atomic mass is 35.5. The molecule has 0 aliphatic rings. The highest BCUT2D eigenvalue weighted by Crippen LogP contribution is 2.23. The van der Waals surface area contributed by atoms with E-state index < -0.39 is 5.56 Å². The van der Waals surface area contributed by atoms with Crippen LogP contribution in [0.3, 0.4) is 0 Å². The highest BCUT2D eigenvalue weighted by molar-refractivity contribution is 6.42. The van der Waals surface area contributed by atoms with Crippen molar-refractivity contribution in [2.75, 3.05) is 7.05 Å². The fourth-order valence-electron chi connectivity index (χ4n) is 2.79. The van der Waals surface area contributed by atoms with E-state index in [4.69, 9.17) is 23.2 Å². The zero-order valence-corrected chi connectivity index (χ0v) is 16.9. The molecule has 1 amide bonds. The first-order chi connectivity index (χ1) is 12.8. The van der Waals surface area contributed by atoms with Gasteiger partial charge < -0.3 is 4.90 Å². The molecule has 0 aliphatic heterocycles. The number of hydrogen-bond acceptors (Lipinski definition) is 4. The number of nitrogens with zero attached hydrogens (tertiary/aromatic N) is 4. The molecule has 0 atom stereocenters. The minimum absolute atomic E-state index is 0.0595. The molecule has 142 valence electrons. The van der Waals surface area contributed by atoms with E-state index in [1.165, 1.54) is 4.90 Å². The number of aryl methyl sites for hydroxylation is 1. The Morgan fingerprint density at radius 3 is 2.52 bits per heavy atom. The van der Waals surface area contributed by atoms with Crippen LogP contribution in [0.1, 0.15) is 36.2 Å². The lowest BCUT2D eigenvalue weighted by atomic mass is 10.0. The fraction of sp³-hybridized carbons (Fsp3) is 0.368. The maximum atomic E-state index is 12.6. The lowest BCUT2D eigenvalue weighted by Gasteiger charge is -2.19. The number of nitriles is 1. The molecule has 0 aliphatic carbocycles. The van der Waals surface area contributed by atoms with Crippen molar-refractivity contribution in [3.8, 4) is 6.07 Å². The van der Waals surface area contributed by atoms with E-state index in [9.17, 15) is 14.9 Å². The van der Waals surface area contributed by atoms with Gasteiger partial charge in [0.25, 0.3) is 5.56 Å². The van der Waals surface area contributed by atoms with Crippen LogP contribution in [-0.2, 0) is 30.7 Å². The molecule has 0 spiro atoms. The predicted octanol–water partition coefficient (Wildman–Crippen LogP) is 3.21. The number of halogens is 2. The van der Waals surface area contributed by atoms with Crippen molar-refractivity contribution in [3.63, 3.8) is 0 Å². The third-order valence-corrected chi connectivity index (χ3v) is 4.99. The maximum Gasteiger partial charge on any atom is 0.285 e. The molecule has 0 saturated heterocycles. The molecule has 0 radical (unpaired) electrons. The van der Waals surface area contributed by atoms with Gasteiger partial charge in [-0.25, -0.2) is 4.68 Å². The quantitative estimate of drug-likeness (QED) is 0.737. The van der Waals surface area contributed by atoms with Gasteiger partial charge in [-0.05, 0) is 36.1 Å². The van der Waals surface area contributed by atoms with E-state index in [1.807, 2.05) is 19.9 Å². The van der Waals surface area contributed by atoms with Gasteiger partial charge in [-0.1, -0.05) is 43.1 Å². The van der Waals surface area contributed by atoms with Crippen molar-refractivity contribution in [2.45, 2.75) is 39.8 Å². The minimum Gasteiger partial charge on any atom is -0.340 e. The minimum atomic E-state index is -0.539. The summed E-state index contributed by atoms with van der Waals surface area (Å²) in [4.78, 5) is 26.6. The molecule has 2 rings (SSSR count). The Labute approximate surface area is 167 Å². The molecule has 1 aromatic carbocycles. The SMILES string of the molecule is CCc1nn(CC(=O)N(C)Cc2ccc(Cl)c(Cl)c2)c(=O)c(C#N)c1CC. The maximum absolute atomic E-state index is 12.6. The standard InChI is InChI=1S/C19H20Cl2N4O2/c1-4-13-14(9-22)19(27)25(23-17(13)5-2)11-18(26)24(3)10-12-6-7-15(20)16(21)8-12/h6-8H,4-5,10-11H2,1-3H3. The Bertz CT molecular complexity index is 963. The number of carbonyl (C=O) groups excluding carboxylic acids is 1. The largest absolute Gasteiger partial charge is 0.340 e. The Morgan fingerprint density at radius 2 is 1.96 bits per heavy atom. The van der Waals surface area contributed by atoms with Crippen molar-refractivity contribution in [2.24, 2.45) is 0 Å². The highest BCUT2D eigenvalue weighted by Gasteiger charge is 2.18. The number of hydrogen-bond donors (Lipinski definition) is 0. The van der Waals surface area contributed by atoms with Crippen molar-refractivity contribution in [3.05, 3.63) is 61.0 Å². The second-order valence-electron chi connectivity index (χ2n) is 6.08. The van der Waals surface area contributed by atoms with Crippen molar-refractivity contribution < 1.29 is 4.79 Å². The molecule has 8 heteroatoms. The van der Waals surface area contributed by atoms with E-state index >= 15 is 0 Å². The van der Waals surface area contributed by atoms with Crippen LogP contribution >= 0.6 is 23.2 Å². The molecule has 27 heavy (non-hydrogen) atoms. The van der Waals surface area contributed by atoms with Crippen molar-refractivity contribution in [1.82, 2.24) is 14.7 Å². The molecule has 0 N–H and O–H groups in total. The summed E-state index contributed by atoms with van der Waals surface area (Å²) in [6.07, 6.45) is 1.12. The Morgan fingerprint density at radius 1 is 1.26 bits per heavy atom. The zero-order chi connectivity index (χ0) is 20.1. The van der Waals surface area contributed by atoms with Gasteiger partial charge in [-0.2, -0.15) is 10.4 Å². The third-order valence-electron chi connectivity index (χ3n) is 4.25. The number of benzene rings is 1. The molecule has 0 bridgehead atoms. The molecule has 6 nitrogen and oxygen atoms in total. The van der Waals surface area contributed by atoms with Crippen LogP contribution in [0.15, 0.2) is 23.0 Å². The average molecular weight is 407 g/mol. The molecule has 0 fully saturated rings. The summed E-state index contributed by atoms with van der Waals surface area (Å²) in [5.74, 6) is -0.300. The summed E-state index contributed by atoms with van der Waals surface area (Å²) in [6, 6.07) is 7.10. The van der Waals surface area contributed by atoms with E-state index in [0.29, 0.717) is 40.7 Å². The van der Waals surface area contributed by atoms with Gasteiger partial charge in [-0.15, -0.1) is 0 Å². The number of aromatic nitrogens is 2. The summed E-state index contributed by atoms with van der Waals surface area (Å²) in [5, 5.41) is 14.5. The van der Waals surface area contributed by atoms with E-state index in [1.54, 1.807) is 25.2 Å². The third kappa shape index (κ3) is 4.68.